The molecule has 6 nitrogen and oxygen atoms in total. The van der Waals surface area contributed by atoms with E-state index in [9.17, 15) is 9.59 Å². The van der Waals surface area contributed by atoms with Crippen LogP contribution < -0.4 is 5.32 Å². The molecule has 0 aliphatic rings. The second-order valence-electron chi connectivity index (χ2n) is 3.21. The van der Waals surface area contributed by atoms with Gasteiger partial charge in [0.2, 0.25) is 5.91 Å². The lowest BCUT2D eigenvalue weighted by Gasteiger charge is -2.03. The topological polar surface area (TPSA) is 84.2 Å². The van der Waals surface area contributed by atoms with Gasteiger partial charge in [0.1, 0.15) is 11.4 Å². The van der Waals surface area contributed by atoms with E-state index in [-0.39, 0.29) is 11.4 Å². The van der Waals surface area contributed by atoms with Gasteiger partial charge in [0, 0.05) is 13.1 Å². The molecular weight excluding hydrogens is 222 g/mol. The average Bonchev–Trinajstić information content (AvgIpc) is 2.61. The van der Waals surface area contributed by atoms with Crippen LogP contribution in [0.25, 0.3) is 0 Å². The van der Waals surface area contributed by atoms with Crippen LogP contribution in [0.5, 0.6) is 0 Å². The molecule has 0 aliphatic heterocycles. The number of aromatic nitrogens is 2. The molecule has 0 saturated heterocycles. The Kier molecular flexibility index (Phi) is 4.21. The Labute approximate surface area is 98.2 Å². The number of carboxylic acid groups (broad SMARTS) is 1. The van der Waals surface area contributed by atoms with Crippen molar-refractivity contribution in [2.24, 2.45) is 7.05 Å². The van der Waals surface area contributed by atoms with Crippen molar-refractivity contribution < 1.29 is 14.7 Å². The molecule has 0 saturated carbocycles. The Morgan fingerprint density at radius 1 is 1.47 bits per heavy atom. The highest BCUT2D eigenvalue weighted by atomic mass is 16.4. The summed E-state index contributed by atoms with van der Waals surface area (Å²) < 4.78 is 1.30. The van der Waals surface area contributed by atoms with Crippen molar-refractivity contribution in [2.45, 2.75) is 6.92 Å². The molecule has 6 heteroatoms. The van der Waals surface area contributed by atoms with Crippen molar-refractivity contribution in [3.63, 3.8) is 0 Å². The number of carbonyl (C=O) groups excluding carboxylic acids is 1. The normalized spacial score (nSPS) is 11.2. The van der Waals surface area contributed by atoms with Gasteiger partial charge in [-0.1, -0.05) is 18.2 Å². The van der Waals surface area contributed by atoms with Crippen molar-refractivity contribution in [2.75, 3.05) is 5.32 Å². The molecule has 1 heterocycles. The number of carboxylic acids is 1. The predicted octanol–water partition coefficient (Wildman–Crippen LogP) is 1.19. The Balaban J connectivity index is 2.84. The van der Waals surface area contributed by atoms with Crippen LogP contribution in [0, 0.1) is 0 Å². The Morgan fingerprint density at radius 3 is 2.76 bits per heavy atom. The number of amides is 1. The van der Waals surface area contributed by atoms with Crippen molar-refractivity contribution in [1.29, 1.82) is 0 Å². The van der Waals surface area contributed by atoms with Gasteiger partial charge < -0.3 is 10.4 Å². The molecule has 1 aromatic rings. The number of hydrogen-bond acceptors (Lipinski definition) is 3. The van der Waals surface area contributed by atoms with E-state index in [4.69, 9.17) is 5.11 Å². The fraction of sp³-hybridized carbons (Fsp3) is 0.182. The molecule has 1 aromatic heterocycles. The van der Waals surface area contributed by atoms with Crippen LogP contribution in [0.3, 0.4) is 0 Å². The summed E-state index contributed by atoms with van der Waals surface area (Å²) >= 11 is 0. The maximum atomic E-state index is 11.4. The van der Waals surface area contributed by atoms with E-state index in [1.807, 2.05) is 6.92 Å². The molecular formula is C11H13N3O3. The highest BCUT2D eigenvalue weighted by Crippen LogP contribution is 2.13. The second-order valence-corrected chi connectivity index (χ2v) is 3.21. The van der Waals surface area contributed by atoms with Crippen molar-refractivity contribution in [3.05, 3.63) is 36.1 Å². The van der Waals surface area contributed by atoms with Gasteiger partial charge >= 0.3 is 5.97 Å². The molecule has 0 bridgehead atoms. The van der Waals surface area contributed by atoms with Crippen LogP contribution in [0.15, 0.2) is 30.5 Å². The number of anilines is 1. The minimum atomic E-state index is -1.13. The lowest BCUT2D eigenvalue weighted by Crippen LogP contribution is -2.14. The van der Waals surface area contributed by atoms with Gasteiger partial charge in [-0.2, -0.15) is 5.10 Å². The number of nitrogens with one attached hydrogen (secondary N) is 1. The molecule has 0 aromatic carbocycles. The Morgan fingerprint density at radius 2 is 2.18 bits per heavy atom. The van der Waals surface area contributed by atoms with Crippen LogP contribution in [0.4, 0.5) is 5.82 Å². The van der Waals surface area contributed by atoms with Gasteiger partial charge in [-0.25, -0.2) is 4.79 Å². The monoisotopic (exact) mass is 235 g/mol. The first-order valence-corrected chi connectivity index (χ1v) is 4.92. The van der Waals surface area contributed by atoms with Gasteiger partial charge in [-0.05, 0) is 6.92 Å². The van der Waals surface area contributed by atoms with Crippen LogP contribution in [-0.2, 0) is 11.8 Å². The summed E-state index contributed by atoms with van der Waals surface area (Å²) in [6, 6.07) is 0. The van der Waals surface area contributed by atoms with Crippen LogP contribution in [0.1, 0.15) is 17.3 Å². The largest absolute Gasteiger partial charge is 0.477 e. The first-order valence-electron chi connectivity index (χ1n) is 4.92. The zero-order valence-corrected chi connectivity index (χ0v) is 9.54. The number of carbonyl (C=O) groups is 2. The third kappa shape index (κ3) is 3.30. The summed E-state index contributed by atoms with van der Waals surface area (Å²) in [4.78, 5) is 22.3. The van der Waals surface area contributed by atoms with Crippen molar-refractivity contribution >= 4 is 17.7 Å². The van der Waals surface area contributed by atoms with Gasteiger partial charge in [0.05, 0.1) is 6.20 Å². The minimum Gasteiger partial charge on any atom is -0.477 e. The number of allylic oxidation sites excluding steroid dienone is 3. The predicted molar refractivity (Wildman–Crippen MR) is 62.8 cm³/mol. The molecule has 1 amide bonds. The highest BCUT2D eigenvalue weighted by Gasteiger charge is 2.15. The molecule has 1 rings (SSSR count). The number of nitrogens with zero attached hydrogens (tertiary/aromatic N) is 2. The number of rotatable bonds is 4. The smallest absolute Gasteiger partial charge is 0.341 e. The molecule has 90 valence electrons. The maximum Gasteiger partial charge on any atom is 0.341 e. The Bertz CT molecular complexity index is 486. The summed E-state index contributed by atoms with van der Waals surface area (Å²) in [5.74, 6) is -1.38. The van der Waals surface area contributed by atoms with E-state index in [1.54, 1.807) is 25.3 Å². The second kappa shape index (κ2) is 5.64. The fourth-order valence-electron chi connectivity index (χ4n) is 1.15. The first kappa shape index (κ1) is 12.7. The molecule has 2 N–H and O–H groups in total. The lowest BCUT2D eigenvalue weighted by molar-refractivity contribution is -0.111. The summed E-state index contributed by atoms with van der Waals surface area (Å²) in [6.45, 7) is 1.83. The molecule has 0 fully saturated rings. The minimum absolute atomic E-state index is 0.0414. The van der Waals surface area contributed by atoms with Gasteiger partial charge in [0.25, 0.3) is 0 Å². The van der Waals surface area contributed by atoms with Gasteiger partial charge in [-0.3, -0.25) is 9.48 Å². The van der Waals surface area contributed by atoms with E-state index in [0.29, 0.717) is 0 Å². The van der Waals surface area contributed by atoms with E-state index >= 15 is 0 Å². The highest BCUT2D eigenvalue weighted by molar-refractivity contribution is 6.03. The van der Waals surface area contributed by atoms with Crippen LogP contribution in [-0.4, -0.2) is 26.8 Å². The number of aryl methyl sites for hydroxylation is 1. The number of hydrogen-bond donors (Lipinski definition) is 2. The third-order valence-corrected chi connectivity index (χ3v) is 1.96. The maximum absolute atomic E-state index is 11.4. The first-order chi connectivity index (χ1) is 8.06. The summed E-state index contributed by atoms with van der Waals surface area (Å²) in [6.07, 6.45) is 7.52. The Hall–Kier alpha value is -2.37. The van der Waals surface area contributed by atoms with Crippen molar-refractivity contribution in [1.82, 2.24) is 9.78 Å². The van der Waals surface area contributed by atoms with E-state index in [1.165, 1.54) is 17.0 Å². The summed E-state index contributed by atoms with van der Waals surface area (Å²) in [5.41, 5.74) is -0.0414. The molecule has 0 radical (unpaired) electrons. The quantitative estimate of drug-likeness (QED) is 0.606. The lowest BCUT2D eigenvalue weighted by atomic mass is 10.3. The molecule has 0 atom stereocenters. The third-order valence-electron chi connectivity index (χ3n) is 1.96. The van der Waals surface area contributed by atoms with E-state index < -0.39 is 11.9 Å². The number of aromatic carboxylic acids is 1. The van der Waals surface area contributed by atoms with E-state index in [2.05, 4.69) is 10.4 Å². The van der Waals surface area contributed by atoms with E-state index in [0.717, 1.165) is 0 Å². The zero-order chi connectivity index (χ0) is 12.8. The average molecular weight is 235 g/mol. The molecule has 0 spiro atoms. The summed E-state index contributed by atoms with van der Waals surface area (Å²) in [7, 11) is 1.55. The van der Waals surface area contributed by atoms with Gasteiger partial charge in [0.15, 0.2) is 0 Å². The van der Waals surface area contributed by atoms with Crippen LogP contribution in [0.2, 0.25) is 0 Å². The summed E-state index contributed by atoms with van der Waals surface area (Å²) in [5, 5.41) is 15.1. The zero-order valence-electron chi connectivity index (χ0n) is 9.54. The SMILES string of the molecule is C/C=C/C=C/C(=O)Nc1c(C(=O)O)cnn1C. The fourth-order valence-corrected chi connectivity index (χ4v) is 1.15. The standard InChI is InChI=1S/C11H13N3O3/c1-3-4-5-6-9(15)13-10-8(11(16)17)7-12-14(10)2/h3-7H,1-2H3,(H,13,15)(H,16,17)/b4-3+,6-5+. The molecule has 0 aliphatic carbocycles. The van der Waals surface area contributed by atoms with Crippen LogP contribution >= 0.6 is 0 Å². The molecule has 0 unspecified atom stereocenters. The van der Waals surface area contributed by atoms with Crippen molar-refractivity contribution in [3.8, 4) is 0 Å². The van der Waals surface area contributed by atoms with Gasteiger partial charge in [-0.15, -0.1) is 0 Å². The molecule has 17 heavy (non-hydrogen) atoms.